The van der Waals surface area contributed by atoms with Crippen LogP contribution in [0.25, 0.3) is 0 Å². The number of carbonyl (C=O) groups excluding carboxylic acids is 1. The second-order valence-corrected chi connectivity index (χ2v) is 4.13. The van der Waals surface area contributed by atoms with Crippen LogP contribution in [0.15, 0.2) is 0 Å². The average molecular weight is 238 g/mol. The molecule has 0 aromatic rings. The summed E-state index contributed by atoms with van der Waals surface area (Å²) in [6.45, 7) is 6.76. The van der Waals surface area contributed by atoms with Gasteiger partial charge in [0.05, 0.1) is 13.2 Å². The van der Waals surface area contributed by atoms with Crippen molar-refractivity contribution in [3.05, 3.63) is 0 Å². The Labute approximate surface area is 94.3 Å². The first-order chi connectivity index (χ1) is 6.66. The number of nitrogens with one attached hydrogen (secondary N) is 2. The van der Waals surface area contributed by atoms with Gasteiger partial charge in [0.25, 0.3) is 5.24 Å². The van der Waals surface area contributed by atoms with Crippen molar-refractivity contribution in [1.82, 2.24) is 10.6 Å². The standard InChI is InChI=1S/C8H18N2O2S2/c1-7(2)9-3-5-12-6-4-10-8(11)14-13/h7,9,13H,3-6H2,1-2H3,(H,10,11). The van der Waals surface area contributed by atoms with E-state index in [2.05, 4.69) is 36.1 Å². The summed E-state index contributed by atoms with van der Waals surface area (Å²) in [5.41, 5.74) is 0. The van der Waals surface area contributed by atoms with Crippen molar-refractivity contribution in [2.45, 2.75) is 19.9 Å². The zero-order chi connectivity index (χ0) is 10.8. The van der Waals surface area contributed by atoms with Crippen molar-refractivity contribution < 1.29 is 9.53 Å². The normalized spacial score (nSPS) is 10.6. The molecular formula is C8H18N2O2S2. The van der Waals surface area contributed by atoms with Gasteiger partial charge in [0.1, 0.15) is 0 Å². The molecular weight excluding hydrogens is 220 g/mol. The number of rotatable bonds is 7. The number of carbonyl (C=O) groups is 1. The van der Waals surface area contributed by atoms with E-state index >= 15 is 0 Å². The zero-order valence-electron chi connectivity index (χ0n) is 8.58. The molecule has 84 valence electrons. The minimum atomic E-state index is -0.141. The molecule has 0 aliphatic rings. The third kappa shape index (κ3) is 10.2. The number of hydrogen-bond acceptors (Lipinski definition) is 5. The van der Waals surface area contributed by atoms with Gasteiger partial charge >= 0.3 is 0 Å². The third-order valence-corrected chi connectivity index (χ3v) is 2.21. The van der Waals surface area contributed by atoms with Crippen LogP contribution in [0.4, 0.5) is 4.79 Å². The maximum Gasteiger partial charge on any atom is 0.289 e. The van der Waals surface area contributed by atoms with Crippen molar-refractivity contribution in [2.75, 3.05) is 26.3 Å². The molecule has 1 amide bonds. The first-order valence-electron chi connectivity index (χ1n) is 4.57. The molecule has 2 N–H and O–H groups in total. The lowest BCUT2D eigenvalue weighted by Crippen LogP contribution is -2.28. The quantitative estimate of drug-likeness (QED) is 0.355. The number of hydrogen-bond donors (Lipinski definition) is 3. The van der Waals surface area contributed by atoms with Crippen molar-refractivity contribution >= 4 is 27.7 Å². The average Bonchev–Trinajstić information content (AvgIpc) is 2.15. The molecule has 0 aliphatic carbocycles. The second kappa shape index (κ2) is 9.64. The van der Waals surface area contributed by atoms with Crippen LogP contribution < -0.4 is 10.6 Å². The maximum absolute atomic E-state index is 10.7. The van der Waals surface area contributed by atoms with E-state index in [1.165, 1.54) is 0 Å². The van der Waals surface area contributed by atoms with Gasteiger partial charge in [-0.15, -0.1) is 11.7 Å². The van der Waals surface area contributed by atoms with Gasteiger partial charge in [-0.1, -0.05) is 13.8 Å². The molecule has 14 heavy (non-hydrogen) atoms. The fraction of sp³-hybridized carbons (Fsp3) is 0.875. The largest absolute Gasteiger partial charge is 0.378 e. The lowest BCUT2D eigenvalue weighted by Gasteiger charge is -2.08. The predicted octanol–water partition coefficient (Wildman–Crippen LogP) is 1.29. The Morgan fingerprint density at radius 3 is 2.64 bits per heavy atom. The molecule has 0 rings (SSSR count). The zero-order valence-corrected chi connectivity index (χ0v) is 10.3. The van der Waals surface area contributed by atoms with E-state index in [1.54, 1.807) is 0 Å². The first-order valence-corrected chi connectivity index (χ1v) is 6.44. The lowest BCUT2D eigenvalue weighted by atomic mass is 10.4. The number of amides is 1. The summed E-state index contributed by atoms with van der Waals surface area (Å²) in [5, 5.41) is 5.72. The van der Waals surface area contributed by atoms with Gasteiger partial charge in [0, 0.05) is 29.9 Å². The van der Waals surface area contributed by atoms with Crippen LogP contribution in [0.1, 0.15) is 13.8 Å². The van der Waals surface area contributed by atoms with Crippen LogP contribution >= 0.6 is 22.5 Å². The van der Waals surface area contributed by atoms with Crippen LogP contribution in [0.3, 0.4) is 0 Å². The Kier molecular flexibility index (Phi) is 9.70. The Balaban J connectivity index is 3.03. The van der Waals surface area contributed by atoms with E-state index in [0.29, 0.717) is 25.8 Å². The summed E-state index contributed by atoms with van der Waals surface area (Å²) in [7, 11) is 0.874. The second-order valence-electron chi connectivity index (χ2n) is 3.03. The Morgan fingerprint density at radius 1 is 1.43 bits per heavy atom. The molecule has 0 aliphatic heterocycles. The molecule has 6 heteroatoms. The highest BCUT2D eigenvalue weighted by Gasteiger charge is 1.96. The molecule has 0 radical (unpaired) electrons. The van der Waals surface area contributed by atoms with Crippen molar-refractivity contribution in [1.29, 1.82) is 0 Å². The summed E-state index contributed by atoms with van der Waals surface area (Å²) < 4.78 is 5.27. The molecule has 0 heterocycles. The van der Waals surface area contributed by atoms with Crippen molar-refractivity contribution in [2.24, 2.45) is 0 Å². The Hall–Kier alpha value is 0.0900. The molecule has 0 spiro atoms. The van der Waals surface area contributed by atoms with Crippen LogP contribution in [-0.4, -0.2) is 37.6 Å². The number of thiol groups is 1. The van der Waals surface area contributed by atoms with Gasteiger partial charge in [-0.2, -0.15) is 0 Å². The highest BCUT2D eigenvalue weighted by atomic mass is 33.1. The van der Waals surface area contributed by atoms with Gasteiger partial charge in [-0.05, 0) is 0 Å². The summed E-state index contributed by atoms with van der Waals surface area (Å²) in [6, 6.07) is 0.485. The van der Waals surface area contributed by atoms with Crippen LogP contribution in [0, 0.1) is 0 Å². The highest BCUT2D eigenvalue weighted by Crippen LogP contribution is 2.03. The topological polar surface area (TPSA) is 50.4 Å². The van der Waals surface area contributed by atoms with Crippen molar-refractivity contribution in [3.8, 4) is 0 Å². The molecule has 0 aromatic heterocycles. The first kappa shape index (κ1) is 14.1. The van der Waals surface area contributed by atoms with E-state index in [4.69, 9.17) is 4.74 Å². The molecule has 0 atom stereocenters. The van der Waals surface area contributed by atoms with Gasteiger partial charge in [0.15, 0.2) is 0 Å². The minimum absolute atomic E-state index is 0.141. The third-order valence-electron chi connectivity index (χ3n) is 1.40. The van der Waals surface area contributed by atoms with E-state index in [-0.39, 0.29) is 5.24 Å². The van der Waals surface area contributed by atoms with E-state index in [1.807, 2.05) is 0 Å². The van der Waals surface area contributed by atoms with E-state index in [9.17, 15) is 4.79 Å². The smallest absolute Gasteiger partial charge is 0.289 e. The monoisotopic (exact) mass is 238 g/mol. The molecule has 0 bridgehead atoms. The number of ether oxygens (including phenoxy) is 1. The summed E-state index contributed by atoms with van der Waals surface area (Å²) in [5.74, 6) is 0. The van der Waals surface area contributed by atoms with Gasteiger partial charge < -0.3 is 15.4 Å². The molecule has 0 saturated heterocycles. The minimum Gasteiger partial charge on any atom is -0.378 e. The molecule has 0 fully saturated rings. The fourth-order valence-corrected chi connectivity index (χ4v) is 1.14. The molecule has 0 aromatic carbocycles. The summed E-state index contributed by atoms with van der Waals surface area (Å²) in [4.78, 5) is 10.7. The SMILES string of the molecule is CC(C)NCCOCCNC(=O)SS. The van der Waals surface area contributed by atoms with E-state index < -0.39 is 0 Å². The molecule has 0 saturated carbocycles. The van der Waals surface area contributed by atoms with Crippen LogP contribution in [0.2, 0.25) is 0 Å². The van der Waals surface area contributed by atoms with E-state index in [0.717, 1.165) is 17.3 Å². The predicted molar refractivity (Wildman–Crippen MR) is 63.9 cm³/mol. The van der Waals surface area contributed by atoms with Crippen molar-refractivity contribution in [3.63, 3.8) is 0 Å². The molecule has 4 nitrogen and oxygen atoms in total. The van der Waals surface area contributed by atoms with Gasteiger partial charge in [-0.3, -0.25) is 4.79 Å². The Bertz CT molecular complexity index is 156. The summed E-state index contributed by atoms with van der Waals surface area (Å²) in [6.07, 6.45) is 0. The highest BCUT2D eigenvalue weighted by molar-refractivity contribution is 8.74. The van der Waals surface area contributed by atoms with Gasteiger partial charge in [-0.25, -0.2) is 0 Å². The molecule has 0 unspecified atom stereocenters. The fourth-order valence-electron chi connectivity index (χ4n) is 0.779. The lowest BCUT2D eigenvalue weighted by molar-refractivity contribution is 0.138. The van der Waals surface area contributed by atoms with Crippen LogP contribution in [-0.2, 0) is 4.74 Å². The Morgan fingerprint density at radius 2 is 2.07 bits per heavy atom. The summed E-state index contributed by atoms with van der Waals surface area (Å²) >= 11 is 3.75. The maximum atomic E-state index is 10.7. The van der Waals surface area contributed by atoms with Crippen LogP contribution in [0.5, 0.6) is 0 Å². The van der Waals surface area contributed by atoms with Gasteiger partial charge in [0.2, 0.25) is 0 Å².